The lowest BCUT2D eigenvalue weighted by molar-refractivity contribution is -0.144. The predicted octanol–water partition coefficient (Wildman–Crippen LogP) is 2.08. The first-order valence-electron chi connectivity index (χ1n) is 5.90. The van der Waals surface area contributed by atoms with E-state index in [9.17, 15) is 9.59 Å². The highest BCUT2D eigenvalue weighted by Gasteiger charge is 2.26. The lowest BCUT2D eigenvalue weighted by atomic mass is 9.98. The largest absolute Gasteiger partial charge is 0.481 e. The van der Waals surface area contributed by atoms with Crippen molar-refractivity contribution < 1.29 is 14.7 Å². The molecule has 0 aromatic carbocycles. The second kappa shape index (κ2) is 5.82. The Morgan fingerprint density at radius 2 is 2.33 bits per heavy atom. The van der Waals surface area contributed by atoms with Crippen molar-refractivity contribution in [2.75, 3.05) is 13.1 Å². The Labute approximate surface area is 110 Å². The van der Waals surface area contributed by atoms with Crippen molar-refractivity contribution in [3.05, 3.63) is 28.5 Å². The molecule has 0 saturated carbocycles. The molecule has 2 heterocycles. The highest BCUT2D eigenvalue weighted by molar-refractivity contribution is 7.10. The van der Waals surface area contributed by atoms with E-state index < -0.39 is 11.9 Å². The molecule has 1 atom stereocenters. The molecule has 1 unspecified atom stereocenters. The van der Waals surface area contributed by atoms with Crippen LogP contribution in [0, 0.1) is 5.92 Å². The number of amides is 1. The van der Waals surface area contributed by atoms with Crippen LogP contribution in [0.5, 0.6) is 0 Å². The number of carboxylic acids is 1. The predicted molar refractivity (Wildman–Crippen MR) is 70.3 cm³/mol. The molecule has 1 aromatic heterocycles. The van der Waals surface area contributed by atoms with E-state index in [0.717, 1.165) is 11.3 Å². The summed E-state index contributed by atoms with van der Waals surface area (Å²) in [5.74, 6) is -1.33. The molecule has 5 heteroatoms. The minimum atomic E-state index is -0.810. The summed E-state index contributed by atoms with van der Waals surface area (Å²) >= 11 is 1.57. The van der Waals surface area contributed by atoms with E-state index in [1.54, 1.807) is 22.3 Å². The standard InChI is InChI=1S/C13H15NO3S/c15-12(6-5-11-4-2-8-18-11)14-7-1-3-10(9-14)13(16)17/h2,4-6,8,10H,1,3,7,9H2,(H,16,17). The molecule has 1 aliphatic rings. The van der Waals surface area contributed by atoms with Crippen LogP contribution in [0.1, 0.15) is 17.7 Å². The van der Waals surface area contributed by atoms with Crippen molar-refractivity contribution in [3.63, 3.8) is 0 Å². The molecule has 1 fully saturated rings. The second-order valence-corrected chi connectivity index (χ2v) is 5.29. The number of nitrogens with zero attached hydrogens (tertiary/aromatic N) is 1. The van der Waals surface area contributed by atoms with Gasteiger partial charge >= 0.3 is 5.97 Å². The van der Waals surface area contributed by atoms with E-state index in [-0.39, 0.29) is 5.91 Å². The lowest BCUT2D eigenvalue weighted by Gasteiger charge is -2.29. The third-order valence-corrected chi connectivity index (χ3v) is 3.85. The minimum absolute atomic E-state index is 0.102. The summed E-state index contributed by atoms with van der Waals surface area (Å²) in [6.07, 6.45) is 4.72. The maximum atomic E-state index is 11.9. The van der Waals surface area contributed by atoms with E-state index in [0.29, 0.717) is 19.5 Å². The third kappa shape index (κ3) is 3.20. The number of likely N-dealkylation sites (tertiary alicyclic amines) is 1. The van der Waals surface area contributed by atoms with Crippen LogP contribution in [0.4, 0.5) is 0 Å². The first-order chi connectivity index (χ1) is 8.66. The van der Waals surface area contributed by atoms with Crippen LogP contribution in [-0.4, -0.2) is 35.0 Å². The van der Waals surface area contributed by atoms with Gasteiger partial charge in [-0.15, -0.1) is 11.3 Å². The topological polar surface area (TPSA) is 57.6 Å². The Kier molecular flexibility index (Phi) is 4.15. The molecule has 1 saturated heterocycles. The van der Waals surface area contributed by atoms with Gasteiger partial charge in [0.05, 0.1) is 5.92 Å². The van der Waals surface area contributed by atoms with E-state index >= 15 is 0 Å². The summed E-state index contributed by atoms with van der Waals surface area (Å²) < 4.78 is 0. The fraction of sp³-hybridized carbons (Fsp3) is 0.385. The zero-order valence-corrected chi connectivity index (χ0v) is 10.7. The first-order valence-corrected chi connectivity index (χ1v) is 6.78. The van der Waals surface area contributed by atoms with Crippen molar-refractivity contribution in [2.24, 2.45) is 5.92 Å². The van der Waals surface area contributed by atoms with Gasteiger partial charge in [0.25, 0.3) is 0 Å². The summed E-state index contributed by atoms with van der Waals surface area (Å²) in [6, 6.07) is 3.86. The normalized spacial score (nSPS) is 20.2. The number of rotatable bonds is 3. The molecule has 18 heavy (non-hydrogen) atoms. The van der Waals surface area contributed by atoms with E-state index in [1.165, 1.54) is 6.08 Å². The van der Waals surface area contributed by atoms with Crippen LogP contribution in [0.2, 0.25) is 0 Å². The molecule has 0 bridgehead atoms. The molecule has 1 N–H and O–H groups in total. The maximum absolute atomic E-state index is 11.9. The summed E-state index contributed by atoms with van der Waals surface area (Å²) in [6.45, 7) is 0.973. The third-order valence-electron chi connectivity index (χ3n) is 3.02. The monoisotopic (exact) mass is 265 g/mol. The Hall–Kier alpha value is -1.62. The number of carbonyl (C=O) groups excluding carboxylic acids is 1. The molecule has 96 valence electrons. The van der Waals surface area contributed by atoms with Crippen LogP contribution in [0.25, 0.3) is 6.08 Å². The number of piperidine rings is 1. The van der Waals surface area contributed by atoms with Crippen LogP contribution in [0.15, 0.2) is 23.6 Å². The van der Waals surface area contributed by atoms with Gasteiger partial charge in [-0.25, -0.2) is 0 Å². The van der Waals surface area contributed by atoms with Gasteiger partial charge in [0, 0.05) is 24.0 Å². The zero-order valence-electron chi connectivity index (χ0n) is 9.91. The minimum Gasteiger partial charge on any atom is -0.481 e. The van der Waals surface area contributed by atoms with Crippen LogP contribution >= 0.6 is 11.3 Å². The van der Waals surface area contributed by atoms with Gasteiger partial charge in [-0.05, 0) is 30.4 Å². The fourth-order valence-electron chi connectivity index (χ4n) is 2.02. The Morgan fingerprint density at radius 3 is 3.00 bits per heavy atom. The summed E-state index contributed by atoms with van der Waals surface area (Å²) in [5.41, 5.74) is 0. The highest BCUT2D eigenvalue weighted by atomic mass is 32.1. The SMILES string of the molecule is O=C(O)C1CCCN(C(=O)C=Cc2cccs2)C1. The molecule has 1 aliphatic heterocycles. The molecule has 1 aromatic rings. The fourth-order valence-corrected chi connectivity index (χ4v) is 2.64. The Balaban J connectivity index is 1.94. The smallest absolute Gasteiger partial charge is 0.308 e. The summed E-state index contributed by atoms with van der Waals surface area (Å²) in [5, 5.41) is 10.9. The number of hydrogen-bond acceptors (Lipinski definition) is 3. The highest BCUT2D eigenvalue weighted by Crippen LogP contribution is 2.17. The van der Waals surface area contributed by atoms with Crippen molar-refractivity contribution >= 4 is 29.3 Å². The molecular weight excluding hydrogens is 250 g/mol. The molecule has 0 spiro atoms. The quantitative estimate of drug-likeness (QED) is 0.851. The molecule has 0 radical (unpaired) electrons. The number of aliphatic carboxylic acids is 1. The number of carbonyl (C=O) groups is 2. The van der Waals surface area contributed by atoms with Gasteiger partial charge in [0.2, 0.25) is 5.91 Å². The first kappa shape index (κ1) is 12.8. The maximum Gasteiger partial charge on any atom is 0.308 e. The van der Waals surface area contributed by atoms with E-state index in [1.807, 2.05) is 17.5 Å². The van der Waals surface area contributed by atoms with Crippen molar-refractivity contribution in [1.82, 2.24) is 4.90 Å². The van der Waals surface area contributed by atoms with Crippen LogP contribution in [-0.2, 0) is 9.59 Å². The van der Waals surface area contributed by atoms with E-state index in [4.69, 9.17) is 5.11 Å². The van der Waals surface area contributed by atoms with Gasteiger partial charge in [0.1, 0.15) is 0 Å². The number of hydrogen-bond donors (Lipinski definition) is 1. The average Bonchev–Trinajstić information content (AvgIpc) is 2.89. The molecule has 0 aliphatic carbocycles. The molecular formula is C13H15NO3S. The second-order valence-electron chi connectivity index (χ2n) is 4.31. The van der Waals surface area contributed by atoms with Gasteiger partial charge < -0.3 is 10.0 Å². The Bertz CT molecular complexity index is 453. The van der Waals surface area contributed by atoms with Crippen LogP contribution < -0.4 is 0 Å². The van der Waals surface area contributed by atoms with Gasteiger partial charge in [-0.2, -0.15) is 0 Å². The summed E-state index contributed by atoms with van der Waals surface area (Å²) in [4.78, 5) is 25.5. The van der Waals surface area contributed by atoms with Crippen molar-refractivity contribution in [3.8, 4) is 0 Å². The average molecular weight is 265 g/mol. The molecule has 2 rings (SSSR count). The van der Waals surface area contributed by atoms with Crippen molar-refractivity contribution in [1.29, 1.82) is 0 Å². The van der Waals surface area contributed by atoms with Gasteiger partial charge in [-0.3, -0.25) is 9.59 Å². The van der Waals surface area contributed by atoms with Gasteiger partial charge in [-0.1, -0.05) is 6.07 Å². The molecule has 4 nitrogen and oxygen atoms in total. The molecule has 1 amide bonds. The number of thiophene rings is 1. The Morgan fingerprint density at radius 1 is 1.50 bits per heavy atom. The number of carboxylic acid groups (broad SMARTS) is 1. The lowest BCUT2D eigenvalue weighted by Crippen LogP contribution is -2.41. The van der Waals surface area contributed by atoms with E-state index in [2.05, 4.69) is 0 Å². The van der Waals surface area contributed by atoms with Crippen molar-refractivity contribution in [2.45, 2.75) is 12.8 Å². The van der Waals surface area contributed by atoms with Crippen LogP contribution in [0.3, 0.4) is 0 Å². The zero-order chi connectivity index (χ0) is 13.0. The summed E-state index contributed by atoms with van der Waals surface area (Å²) in [7, 11) is 0. The van der Waals surface area contributed by atoms with Gasteiger partial charge in [0.15, 0.2) is 0 Å².